The number of rotatable bonds is 11. The van der Waals surface area contributed by atoms with Gasteiger partial charge < -0.3 is 34.4 Å². The number of carboxylic acid groups (broad SMARTS) is 2. The molecule has 10 aromatic rings. The predicted molar refractivity (Wildman–Crippen MR) is 256 cm³/mol. The van der Waals surface area contributed by atoms with E-state index in [1.54, 1.807) is 73.8 Å². The average molecular weight is 1160 g/mol. The van der Waals surface area contributed by atoms with Crippen LogP contribution in [-0.2, 0) is 43.8 Å². The molecule has 0 saturated carbocycles. The Labute approximate surface area is 448 Å². The summed E-state index contributed by atoms with van der Waals surface area (Å²) in [4.78, 5) is 80.6. The molecule has 0 aliphatic carbocycles. The van der Waals surface area contributed by atoms with Crippen molar-refractivity contribution in [1.29, 1.82) is 0 Å². The summed E-state index contributed by atoms with van der Waals surface area (Å²) in [5, 5.41) is 30.1. The fourth-order valence-electron chi connectivity index (χ4n) is 5.68. The van der Waals surface area contributed by atoms with Crippen molar-refractivity contribution in [1.82, 2.24) is 59.8 Å². The van der Waals surface area contributed by atoms with Crippen LogP contribution in [0.1, 0.15) is 20.7 Å². The number of carboxylic acids is 2. The van der Waals surface area contributed by atoms with Crippen molar-refractivity contribution >= 4 is 18.4 Å². The summed E-state index contributed by atoms with van der Waals surface area (Å²) in [5.74, 6) is -0.740. The van der Waals surface area contributed by atoms with E-state index < -0.39 is 18.7 Å². The molecule has 0 saturated heterocycles. The average Bonchev–Trinajstić information content (AvgIpc) is 3.45. The van der Waals surface area contributed by atoms with Crippen LogP contribution >= 0.6 is 0 Å². The molecule has 22 heteroatoms. The van der Waals surface area contributed by atoms with Crippen molar-refractivity contribution in [2.45, 2.75) is 0 Å². The summed E-state index contributed by atoms with van der Waals surface area (Å²) in [6.45, 7) is -0.153. The topological polar surface area (TPSA) is 291 Å². The van der Waals surface area contributed by atoms with Crippen molar-refractivity contribution < 1.29 is 78.1 Å². The van der Waals surface area contributed by atoms with E-state index in [1.807, 2.05) is 72.8 Å². The van der Waals surface area contributed by atoms with E-state index in [0.29, 0.717) is 52.4 Å². The third kappa shape index (κ3) is 18.8. The molecule has 0 amide bonds. The maximum Gasteiger partial charge on any atom is 0.298 e. The van der Waals surface area contributed by atoms with Gasteiger partial charge in [-0.15, -0.1) is 0 Å². The van der Waals surface area contributed by atoms with Crippen LogP contribution in [0.4, 0.5) is 0 Å². The van der Waals surface area contributed by atoms with E-state index >= 15 is 0 Å². The van der Waals surface area contributed by atoms with E-state index in [-0.39, 0.29) is 50.1 Å². The van der Waals surface area contributed by atoms with Crippen LogP contribution in [0.15, 0.2) is 208 Å². The largest absolute Gasteiger partial charge is 0.545 e. The van der Waals surface area contributed by atoms with E-state index in [0.717, 1.165) is 22.8 Å². The number of aromatic nitrogens is 12. The van der Waals surface area contributed by atoms with E-state index in [2.05, 4.69) is 64.5 Å². The SMILES string of the molecule is O=C([O-])c1ccnc(-c2cc(OCO)ccn2)c1.O=COc1ccnc(-c2cc(C(=O)[O-])ccn2)c1.[Ru].[Ru].c1ccc(-c2ccccn2)nc1.c1ccc(-c2ccccn2)nc1.c1cnc(-c2ncccn2)nc1. The number of nitrogens with zero attached hydrogens (tertiary/aromatic N) is 12. The third-order valence-electron chi connectivity index (χ3n) is 8.91. The van der Waals surface area contributed by atoms with Crippen LogP contribution in [0, 0.1) is 0 Å². The van der Waals surface area contributed by atoms with Crippen molar-refractivity contribution in [2.75, 3.05) is 6.79 Å². The van der Waals surface area contributed by atoms with Gasteiger partial charge in [0.25, 0.3) is 6.47 Å². The van der Waals surface area contributed by atoms with Crippen LogP contribution in [0.5, 0.6) is 11.5 Å². The number of aliphatic hydroxyl groups is 1. The molecule has 0 radical (unpaired) electrons. The molecule has 0 aromatic carbocycles. The van der Waals surface area contributed by atoms with Gasteiger partial charge in [0.15, 0.2) is 18.4 Å². The Hall–Kier alpha value is -9.22. The van der Waals surface area contributed by atoms with Crippen LogP contribution in [-0.4, -0.2) is 90.1 Å². The molecule has 0 unspecified atom stereocenters. The first-order chi connectivity index (χ1) is 35.3. The summed E-state index contributed by atoms with van der Waals surface area (Å²) in [6, 6.07) is 38.2. The van der Waals surface area contributed by atoms with Gasteiger partial charge in [0.1, 0.15) is 11.5 Å². The van der Waals surface area contributed by atoms with E-state index in [4.69, 9.17) is 9.84 Å². The van der Waals surface area contributed by atoms with Gasteiger partial charge in [-0.2, -0.15) is 0 Å². The van der Waals surface area contributed by atoms with Crippen molar-refractivity contribution in [2.24, 2.45) is 0 Å². The van der Waals surface area contributed by atoms with Gasteiger partial charge in [0, 0.05) is 137 Å². The minimum Gasteiger partial charge on any atom is -0.545 e. The first kappa shape index (κ1) is 57.4. The van der Waals surface area contributed by atoms with Gasteiger partial charge in [-0.3, -0.25) is 44.7 Å². The van der Waals surface area contributed by atoms with Gasteiger partial charge in [-0.25, -0.2) is 19.9 Å². The fourth-order valence-corrected chi connectivity index (χ4v) is 5.68. The fraction of sp³-hybridized carbons (Fsp3) is 0.0192. The van der Waals surface area contributed by atoms with Crippen molar-refractivity contribution in [3.8, 4) is 68.7 Å². The maximum absolute atomic E-state index is 10.7. The molecule has 0 aliphatic rings. The Morgan fingerprint density at radius 1 is 0.392 bits per heavy atom. The second-order valence-corrected chi connectivity index (χ2v) is 13.7. The molecule has 0 atom stereocenters. The Morgan fingerprint density at radius 3 is 1.03 bits per heavy atom. The van der Waals surface area contributed by atoms with Crippen LogP contribution < -0.4 is 19.7 Å². The summed E-state index contributed by atoms with van der Waals surface area (Å²) in [7, 11) is 0. The maximum atomic E-state index is 10.7. The number of pyridine rings is 8. The zero-order chi connectivity index (χ0) is 50.6. The molecule has 0 bridgehead atoms. The van der Waals surface area contributed by atoms with Crippen LogP contribution in [0.2, 0.25) is 0 Å². The molecular weight excluding hydrogens is 1120 g/mol. The van der Waals surface area contributed by atoms with Gasteiger partial charge in [-0.05, 0) is 97.1 Å². The van der Waals surface area contributed by atoms with Gasteiger partial charge in [0.05, 0.1) is 57.5 Å². The zero-order valence-corrected chi connectivity index (χ0v) is 41.8. The monoisotopic (exact) mass is 1160 g/mol. The molecule has 10 heterocycles. The molecular formula is C52H38N12O8Ru2-2. The number of aliphatic hydroxyl groups excluding tert-OH is 1. The molecule has 10 aromatic heterocycles. The number of hydrogen-bond donors (Lipinski definition) is 1. The second kappa shape index (κ2) is 31.9. The first-order valence-corrected chi connectivity index (χ1v) is 21.1. The summed E-state index contributed by atoms with van der Waals surface area (Å²) >= 11 is 0. The number of ether oxygens (including phenoxy) is 2. The molecule has 10 rings (SSSR count). The standard InChI is InChI=1S/C12H10N2O4.C12H8N2O4.2C10H8N2.C8H6N4.2Ru/c2*15-7-18-9-2-4-14-11(6-9)10-5-8(12(16)17)1-3-13-10;2*1-3-7-11-9(5-1)10-6-2-4-8-12-10;1-3-9-7(10-4-1)8-11-5-2-6-12-8;;/h1-6,15H,7H2,(H,16,17);1-7H,(H,16,17);2*1-8H;1-6H;;/p-2. The second-order valence-electron chi connectivity index (χ2n) is 13.7. The molecule has 0 aliphatic heterocycles. The predicted octanol–water partition coefficient (Wildman–Crippen LogP) is 5.09. The number of carbonyl (C=O) groups excluding carboxylic acids is 3. The molecule has 20 nitrogen and oxygen atoms in total. The number of carbonyl (C=O) groups is 3. The molecule has 0 fully saturated rings. The first-order valence-electron chi connectivity index (χ1n) is 21.1. The summed E-state index contributed by atoms with van der Waals surface area (Å²) in [6.07, 6.45) is 19.4. The third-order valence-corrected chi connectivity index (χ3v) is 8.91. The Bertz CT molecular complexity index is 2930. The minimum absolute atomic E-state index is 0. The molecule has 0 spiro atoms. The van der Waals surface area contributed by atoms with Crippen LogP contribution in [0.25, 0.3) is 57.2 Å². The minimum atomic E-state index is -1.29. The quantitative estimate of drug-likeness (QED) is 0.100. The van der Waals surface area contributed by atoms with Crippen LogP contribution in [0.3, 0.4) is 0 Å². The van der Waals surface area contributed by atoms with E-state index in [1.165, 1.54) is 61.2 Å². The smallest absolute Gasteiger partial charge is 0.298 e. The number of hydrogen-bond acceptors (Lipinski definition) is 20. The summed E-state index contributed by atoms with van der Waals surface area (Å²) < 4.78 is 9.57. The molecule has 1 N–H and O–H groups in total. The molecule has 74 heavy (non-hydrogen) atoms. The van der Waals surface area contributed by atoms with E-state index in [9.17, 15) is 24.6 Å². The number of aromatic carboxylic acids is 2. The summed E-state index contributed by atoms with van der Waals surface area (Å²) in [5.41, 5.74) is 5.28. The van der Waals surface area contributed by atoms with Gasteiger partial charge in [-0.1, -0.05) is 24.3 Å². The zero-order valence-electron chi connectivity index (χ0n) is 38.3. The van der Waals surface area contributed by atoms with Gasteiger partial charge >= 0.3 is 0 Å². The molecule has 372 valence electrons. The van der Waals surface area contributed by atoms with Gasteiger partial charge in [0.2, 0.25) is 0 Å². The normalized spacial score (nSPS) is 9.53. The van der Waals surface area contributed by atoms with Crippen molar-refractivity contribution in [3.63, 3.8) is 0 Å². The Balaban J connectivity index is 0.000000201. The Kier molecular flexibility index (Phi) is 24.7. The van der Waals surface area contributed by atoms with Crippen molar-refractivity contribution in [3.05, 3.63) is 219 Å². The Morgan fingerprint density at radius 2 is 0.703 bits per heavy atom.